The molecule has 1 aromatic heterocycles. The molecule has 144 valence electrons. The third kappa shape index (κ3) is 4.18. The summed E-state index contributed by atoms with van der Waals surface area (Å²) in [5.74, 6) is 1.28. The van der Waals surface area contributed by atoms with Gasteiger partial charge in [-0.15, -0.1) is 0 Å². The summed E-state index contributed by atoms with van der Waals surface area (Å²) in [4.78, 5) is 12.4. The third-order valence-electron chi connectivity index (χ3n) is 6.35. The number of urea groups is 1. The van der Waals surface area contributed by atoms with E-state index in [2.05, 4.69) is 46.1 Å². The van der Waals surface area contributed by atoms with Crippen molar-refractivity contribution in [3.05, 3.63) is 53.3 Å². The minimum absolute atomic E-state index is 0.0399. The molecule has 2 aliphatic carbocycles. The number of carbonyl (C=O) groups is 1. The molecule has 1 unspecified atom stereocenters. The van der Waals surface area contributed by atoms with Crippen LogP contribution in [0, 0.1) is 5.92 Å². The van der Waals surface area contributed by atoms with Crippen LogP contribution in [0.3, 0.4) is 0 Å². The number of hydrogen-bond donors (Lipinski definition) is 2. The Bertz CT molecular complexity index is 762. The first-order chi connectivity index (χ1) is 13.2. The van der Waals surface area contributed by atoms with E-state index in [0.29, 0.717) is 11.8 Å². The largest absolute Gasteiger partial charge is 0.338 e. The lowest BCUT2D eigenvalue weighted by molar-refractivity contribution is 0.230. The predicted octanol–water partition coefficient (Wildman–Crippen LogP) is 4.07. The van der Waals surface area contributed by atoms with Crippen molar-refractivity contribution in [1.29, 1.82) is 0 Å². The van der Waals surface area contributed by atoms with Crippen molar-refractivity contribution in [3.8, 4) is 0 Å². The van der Waals surface area contributed by atoms with Gasteiger partial charge in [0.25, 0.3) is 0 Å². The van der Waals surface area contributed by atoms with Crippen LogP contribution < -0.4 is 10.6 Å². The maximum absolute atomic E-state index is 12.4. The number of benzene rings is 1. The molecule has 1 atom stereocenters. The Morgan fingerprint density at radius 1 is 1.15 bits per heavy atom. The van der Waals surface area contributed by atoms with E-state index in [1.807, 2.05) is 17.9 Å². The maximum atomic E-state index is 12.4. The SMILES string of the molecule is Cn1ncc2c1CCCC2NC(=O)NCC1CCC(c2ccccc2)CC1. The first-order valence-electron chi connectivity index (χ1n) is 10.3. The van der Waals surface area contributed by atoms with E-state index in [9.17, 15) is 4.79 Å². The second-order valence-electron chi connectivity index (χ2n) is 8.10. The average Bonchev–Trinajstić information content (AvgIpc) is 3.10. The standard InChI is InChI=1S/C22H30N4O/c1-26-21-9-5-8-20(19(21)15-24-26)25-22(27)23-14-16-10-12-18(13-11-16)17-6-3-2-4-7-17/h2-4,6-7,15-16,18,20H,5,8-14H2,1H3,(H2,23,25,27). The number of carbonyl (C=O) groups excluding carboxylic acids is 1. The fourth-order valence-electron chi connectivity index (χ4n) is 4.73. The van der Waals surface area contributed by atoms with E-state index in [1.165, 1.54) is 42.5 Å². The topological polar surface area (TPSA) is 59.0 Å². The van der Waals surface area contributed by atoms with Crippen LogP contribution in [0.5, 0.6) is 0 Å². The first kappa shape index (κ1) is 18.1. The van der Waals surface area contributed by atoms with Gasteiger partial charge < -0.3 is 10.6 Å². The normalized spacial score (nSPS) is 24.9. The first-order valence-corrected chi connectivity index (χ1v) is 10.3. The van der Waals surface area contributed by atoms with Crippen LogP contribution in [-0.4, -0.2) is 22.4 Å². The van der Waals surface area contributed by atoms with Gasteiger partial charge in [-0.3, -0.25) is 4.68 Å². The highest BCUT2D eigenvalue weighted by molar-refractivity contribution is 5.74. The van der Waals surface area contributed by atoms with Crippen molar-refractivity contribution in [2.75, 3.05) is 6.54 Å². The number of rotatable bonds is 4. The molecule has 0 spiro atoms. The van der Waals surface area contributed by atoms with Gasteiger partial charge in [0.15, 0.2) is 0 Å². The van der Waals surface area contributed by atoms with Crippen LogP contribution in [-0.2, 0) is 13.5 Å². The van der Waals surface area contributed by atoms with Gasteiger partial charge in [-0.25, -0.2) is 4.79 Å². The molecule has 5 heteroatoms. The lowest BCUT2D eigenvalue weighted by Crippen LogP contribution is -2.41. The summed E-state index contributed by atoms with van der Waals surface area (Å²) in [5.41, 5.74) is 3.90. The fourth-order valence-corrected chi connectivity index (χ4v) is 4.73. The number of aryl methyl sites for hydroxylation is 1. The minimum atomic E-state index is -0.0399. The second-order valence-corrected chi connectivity index (χ2v) is 8.10. The van der Waals surface area contributed by atoms with E-state index in [0.717, 1.165) is 25.8 Å². The van der Waals surface area contributed by atoms with Crippen molar-refractivity contribution in [2.45, 2.75) is 56.9 Å². The molecular formula is C22H30N4O. The van der Waals surface area contributed by atoms with Crippen molar-refractivity contribution in [3.63, 3.8) is 0 Å². The molecule has 2 N–H and O–H groups in total. The molecule has 27 heavy (non-hydrogen) atoms. The molecule has 4 rings (SSSR count). The van der Waals surface area contributed by atoms with Crippen LogP contribution >= 0.6 is 0 Å². The predicted molar refractivity (Wildman–Crippen MR) is 107 cm³/mol. The van der Waals surface area contributed by atoms with Crippen molar-refractivity contribution in [2.24, 2.45) is 13.0 Å². The molecule has 1 aromatic carbocycles. The van der Waals surface area contributed by atoms with Crippen molar-refractivity contribution < 1.29 is 4.79 Å². The lowest BCUT2D eigenvalue weighted by Gasteiger charge is -2.29. The summed E-state index contributed by atoms with van der Waals surface area (Å²) < 4.78 is 1.94. The summed E-state index contributed by atoms with van der Waals surface area (Å²) >= 11 is 0. The van der Waals surface area contributed by atoms with Gasteiger partial charge >= 0.3 is 6.03 Å². The Kier molecular flexibility index (Phi) is 5.46. The highest BCUT2D eigenvalue weighted by Gasteiger charge is 2.26. The third-order valence-corrected chi connectivity index (χ3v) is 6.35. The van der Waals surface area contributed by atoms with Crippen LogP contribution in [0.1, 0.15) is 67.3 Å². The Morgan fingerprint density at radius 3 is 2.70 bits per heavy atom. The van der Waals surface area contributed by atoms with Gasteiger partial charge in [-0.05, 0) is 62.3 Å². The van der Waals surface area contributed by atoms with Crippen LogP contribution in [0.25, 0.3) is 0 Å². The lowest BCUT2D eigenvalue weighted by atomic mass is 9.79. The monoisotopic (exact) mass is 366 g/mol. The van der Waals surface area contributed by atoms with Gasteiger partial charge in [0.1, 0.15) is 0 Å². The van der Waals surface area contributed by atoms with Gasteiger partial charge in [0.2, 0.25) is 0 Å². The molecule has 5 nitrogen and oxygen atoms in total. The highest BCUT2D eigenvalue weighted by Crippen LogP contribution is 2.35. The molecule has 2 amide bonds. The molecule has 0 saturated heterocycles. The summed E-state index contributed by atoms with van der Waals surface area (Å²) in [6, 6.07) is 10.9. The quantitative estimate of drug-likeness (QED) is 0.857. The Labute approximate surface area is 161 Å². The summed E-state index contributed by atoms with van der Waals surface area (Å²) in [6.45, 7) is 0.778. The number of fused-ring (bicyclic) bond motifs is 1. The Balaban J connectivity index is 1.23. The van der Waals surface area contributed by atoms with Gasteiger partial charge in [-0.2, -0.15) is 5.10 Å². The summed E-state index contributed by atoms with van der Waals surface area (Å²) in [5, 5.41) is 10.6. The van der Waals surface area contributed by atoms with Gasteiger partial charge in [0.05, 0.1) is 12.2 Å². The average molecular weight is 367 g/mol. The van der Waals surface area contributed by atoms with Crippen molar-refractivity contribution >= 4 is 6.03 Å². The van der Waals surface area contributed by atoms with Crippen LogP contribution in [0.15, 0.2) is 36.5 Å². The smallest absolute Gasteiger partial charge is 0.315 e. The fraction of sp³-hybridized carbons (Fsp3) is 0.545. The highest BCUT2D eigenvalue weighted by atomic mass is 16.2. The summed E-state index contributed by atoms with van der Waals surface area (Å²) in [7, 11) is 1.98. The van der Waals surface area contributed by atoms with E-state index >= 15 is 0 Å². The zero-order chi connectivity index (χ0) is 18.6. The zero-order valence-corrected chi connectivity index (χ0v) is 16.2. The molecule has 0 aliphatic heterocycles. The van der Waals surface area contributed by atoms with E-state index in [1.54, 1.807) is 0 Å². The molecule has 1 heterocycles. The van der Waals surface area contributed by atoms with Crippen molar-refractivity contribution in [1.82, 2.24) is 20.4 Å². The number of amides is 2. The molecule has 2 aliphatic rings. The van der Waals surface area contributed by atoms with Crippen LogP contribution in [0.4, 0.5) is 4.79 Å². The molecule has 2 aromatic rings. The zero-order valence-electron chi connectivity index (χ0n) is 16.2. The van der Waals surface area contributed by atoms with Gasteiger partial charge in [0, 0.05) is 24.8 Å². The molecule has 0 bridgehead atoms. The number of nitrogens with zero attached hydrogens (tertiary/aromatic N) is 2. The van der Waals surface area contributed by atoms with Crippen LogP contribution in [0.2, 0.25) is 0 Å². The van der Waals surface area contributed by atoms with E-state index in [-0.39, 0.29) is 12.1 Å². The second kappa shape index (κ2) is 8.15. The van der Waals surface area contributed by atoms with E-state index in [4.69, 9.17) is 0 Å². The van der Waals surface area contributed by atoms with E-state index < -0.39 is 0 Å². The molecule has 0 radical (unpaired) electrons. The Morgan fingerprint density at radius 2 is 1.93 bits per heavy atom. The Hall–Kier alpha value is -2.30. The molecular weight excluding hydrogens is 336 g/mol. The minimum Gasteiger partial charge on any atom is -0.338 e. The molecule has 1 fully saturated rings. The summed E-state index contributed by atoms with van der Waals surface area (Å²) in [6.07, 6.45) is 9.88. The van der Waals surface area contributed by atoms with Gasteiger partial charge in [-0.1, -0.05) is 30.3 Å². The number of hydrogen-bond acceptors (Lipinski definition) is 2. The molecule has 1 saturated carbocycles. The number of aromatic nitrogens is 2. The maximum Gasteiger partial charge on any atom is 0.315 e. The number of nitrogens with one attached hydrogen (secondary N) is 2.